The quantitative estimate of drug-likeness (QED) is 0.671. The lowest BCUT2D eigenvalue weighted by Crippen LogP contribution is -2.51. The van der Waals surface area contributed by atoms with Crippen LogP contribution in [0, 0.1) is 0 Å². The van der Waals surface area contributed by atoms with Gasteiger partial charge in [0.1, 0.15) is 6.04 Å². The second kappa shape index (κ2) is 7.84. The van der Waals surface area contributed by atoms with Gasteiger partial charge in [0.05, 0.1) is 16.0 Å². The molecular weight excluding hydrogens is 442 g/mol. The number of imide groups is 1. The molecule has 172 valence electrons. The third kappa shape index (κ3) is 4.16. The summed E-state index contributed by atoms with van der Waals surface area (Å²) in [6.45, 7) is 9.81. The Kier molecular flexibility index (Phi) is 5.40. The summed E-state index contributed by atoms with van der Waals surface area (Å²) in [5, 5.41) is 2.58. The summed E-state index contributed by atoms with van der Waals surface area (Å²) in [5.74, 6) is -1.66. The van der Waals surface area contributed by atoms with Crippen molar-refractivity contribution in [1.82, 2.24) is 10.2 Å². The lowest BCUT2D eigenvalue weighted by Gasteiger charge is -2.29. The molecule has 2 aliphatic heterocycles. The normalized spacial score (nSPS) is 18.9. The van der Waals surface area contributed by atoms with Gasteiger partial charge in [-0.2, -0.15) is 0 Å². The monoisotopic (exact) mass is 467 g/mol. The van der Waals surface area contributed by atoms with Crippen molar-refractivity contribution in [1.29, 1.82) is 0 Å². The first-order chi connectivity index (χ1) is 15.4. The molecule has 2 aromatic carbocycles. The Labute approximate surface area is 192 Å². The summed E-state index contributed by atoms with van der Waals surface area (Å²) in [6, 6.07) is 9.82. The number of hydrogen-bond acceptors (Lipinski definition) is 5. The van der Waals surface area contributed by atoms with Crippen LogP contribution in [0.2, 0.25) is 0 Å². The minimum absolute atomic E-state index is 0.0560. The molecule has 3 amide bonds. The van der Waals surface area contributed by atoms with Gasteiger partial charge in [-0.1, -0.05) is 39.5 Å². The highest BCUT2D eigenvalue weighted by Crippen LogP contribution is 2.31. The Bertz CT molecular complexity index is 1290. The summed E-state index contributed by atoms with van der Waals surface area (Å²) >= 11 is 0. The van der Waals surface area contributed by atoms with Crippen LogP contribution in [0.15, 0.2) is 59.6 Å². The Balaban J connectivity index is 1.58. The molecule has 9 heteroatoms. The molecule has 0 aromatic heterocycles. The van der Waals surface area contributed by atoms with Crippen LogP contribution in [-0.4, -0.2) is 37.1 Å². The summed E-state index contributed by atoms with van der Waals surface area (Å²) in [6.07, 6.45) is 0.753. The number of anilines is 1. The Morgan fingerprint density at radius 2 is 1.64 bits per heavy atom. The zero-order chi connectivity index (χ0) is 24.1. The van der Waals surface area contributed by atoms with Gasteiger partial charge in [0.15, 0.2) is 0 Å². The predicted molar refractivity (Wildman–Crippen MR) is 123 cm³/mol. The zero-order valence-corrected chi connectivity index (χ0v) is 19.5. The number of nitrogens with one attached hydrogen (secondary N) is 2. The third-order valence-corrected chi connectivity index (χ3v) is 7.23. The molecule has 1 unspecified atom stereocenters. The number of amides is 3. The van der Waals surface area contributed by atoms with Crippen molar-refractivity contribution in [2.24, 2.45) is 0 Å². The Hall–Kier alpha value is -3.46. The van der Waals surface area contributed by atoms with E-state index < -0.39 is 33.8 Å². The van der Waals surface area contributed by atoms with E-state index in [9.17, 15) is 22.8 Å². The first-order valence-corrected chi connectivity index (χ1v) is 12.0. The molecule has 1 fully saturated rings. The van der Waals surface area contributed by atoms with Crippen molar-refractivity contribution in [3.8, 4) is 0 Å². The number of benzene rings is 2. The Morgan fingerprint density at radius 1 is 1.00 bits per heavy atom. The molecule has 0 saturated carbocycles. The molecule has 8 nitrogen and oxygen atoms in total. The van der Waals surface area contributed by atoms with E-state index >= 15 is 0 Å². The topological polar surface area (TPSA) is 113 Å². The van der Waals surface area contributed by atoms with E-state index in [4.69, 9.17) is 0 Å². The molecule has 2 aromatic rings. The smallest absolute Gasteiger partial charge is 0.262 e. The van der Waals surface area contributed by atoms with Crippen molar-refractivity contribution < 1.29 is 22.8 Å². The third-order valence-electron chi connectivity index (χ3n) is 5.83. The maximum absolute atomic E-state index is 13.0. The van der Waals surface area contributed by atoms with Crippen molar-refractivity contribution in [3.63, 3.8) is 0 Å². The van der Waals surface area contributed by atoms with Crippen LogP contribution in [0.1, 0.15) is 59.9 Å². The highest BCUT2D eigenvalue weighted by atomic mass is 32.2. The summed E-state index contributed by atoms with van der Waals surface area (Å²) in [5.41, 5.74) is 1.77. The number of carbonyl (C=O) groups excluding carboxylic acids is 3. The van der Waals surface area contributed by atoms with Crippen molar-refractivity contribution in [3.05, 3.63) is 71.4 Å². The molecule has 0 radical (unpaired) electrons. The number of allylic oxidation sites excluding steroid dienone is 1. The molecule has 33 heavy (non-hydrogen) atoms. The van der Waals surface area contributed by atoms with E-state index in [2.05, 4.69) is 16.6 Å². The largest absolute Gasteiger partial charge is 0.329 e. The number of fused-ring (bicyclic) bond motifs is 1. The van der Waals surface area contributed by atoms with Crippen LogP contribution < -0.4 is 10.0 Å². The molecule has 4 rings (SSSR count). The van der Waals surface area contributed by atoms with Gasteiger partial charge in [0.25, 0.3) is 21.8 Å². The molecule has 2 N–H and O–H groups in total. The SMILES string of the molecule is C=C1CCC(N2C(=O)c3ccc(NS(=O)(=O)c4ccc(C(C)(C)C)cc4)cc3C2=O)C(=O)N1. The van der Waals surface area contributed by atoms with Gasteiger partial charge in [-0.25, -0.2) is 8.42 Å². The standard InChI is InChI=1S/C24H25N3O5S/c1-14-5-12-20(21(28)25-14)27-22(29)18-11-8-16(13-19(18)23(27)30)26-33(31,32)17-9-6-15(7-10-17)24(2,3)4/h6-11,13,20,26H,1,5,12H2,2-4H3,(H,25,28). The fraction of sp³-hybridized carbons (Fsp3) is 0.292. The second-order valence-electron chi connectivity index (χ2n) is 9.27. The maximum Gasteiger partial charge on any atom is 0.262 e. The van der Waals surface area contributed by atoms with Crippen LogP contribution in [0.25, 0.3) is 0 Å². The van der Waals surface area contributed by atoms with Gasteiger partial charge < -0.3 is 5.32 Å². The van der Waals surface area contributed by atoms with Crippen LogP contribution in [-0.2, 0) is 20.2 Å². The highest BCUT2D eigenvalue weighted by Gasteiger charge is 2.44. The van der Waals surface area contributed by atoms with Gasteiger partial charge in [-0.05, 0) is 54.2 Å². The summed E-state index contributed by atoms with van der Waals surface area (Å²) in [7, 11) is -3.91. The summed E-state index contributed by atoms with van der Waals surface area (Å²) in [4.78, 5) is 39.2. The number of rotatable bonds is 4. The van der Waals surface area contributed by atoms with E-state index in [0.29, 0.717) is 18.5 Å². The van der Waals surface area contributed by atoms with E-state index in [1.54, 1.807) is 12.1 Å². The fourth-order valence-corrected chi connectivity index (χ4v) is 5.01. The highest BCUT2D eigenvalue weighted by molar-refractivity contribution is 7.92. The minimum Gasteiger partial charge on any atom is -0.329 e. The first-order valence-electron chi connectivity index (χ1n) is 10.5. The molecule has 0 bridgehead atoms. The van der Waals surface area contributed by atoms with Gasteiger partial charge in [-0.15, -0.1) is 0 Å². The maximum atomic E-state index is 13.0. The Morgan fingerprint density at radius 3 is 2.24 bits per heavy atom. The van der Waals surface area contributed by atoms with Gasteiger partial charge >= 0.3 is 0 Å². The molecule has 0 spiro atoms. The second-order valence-corrected chi connectivity index (χ2v) is 11.0. The van der Waals surface area contributed by atoms with Gasteiger partial charge in [0.2, 0.25) is 5.91 Å². The molecule has 0 aliphatic carbocycles. The lowest BCUT2D eigenvalue weighted by atomic mass is 9.87. The number of carbonyl (C=O) groups is 3. The number of nitrogens with zero attached hydrogens (tertiary/aromatic N) is 1. The fourth-order valence-electron chi connectivity index (χ4n) is 3.96. The van der Waals surface area contributed by atoms with E-state index in [-0.39, 0.29) is 27.1 Å². The molecule has 1 saturated heterocycles. The lowest BCUT2D eigenvalue weighted by molar-refractivity contribution is -0.125. The van der Waals surface area contributed by atoms with Crippen molar-refractivity contribution in [2.75, 3.05) is 4.72 Å². The molecule has 2 aliphatic rings. The molecule has 1 atom stereocenters. The summed E-state index contributed by atoms with van der Waals surface area (Å²) < 4.78 is 28.2. The van der Waals surface area contributed by atoms with E-state index in [1.807, 2.05) is 20.8 Å². The van der Waals surface area contributed by atoms with E-state index in [1.165, 1.54) is 30.3 Å². The molecule has 2 heterocycles. The molecular formula is C24H25N3O5S. The number of hydrogen-bond donors (Lipinski definition) is 2. The van der Waals surface area contributed by atoms with Crippen molar-refractivity contribution in [2.45, 2.75) is 50.0 Å². The van der Waals surface area contributed by atoms with Crippen molar-refractivity contribution >= 4 is 33.4 Å². The van der Waals surface area contributed by atoms with Crippen LogP contribution in [0.4, 0.5) is 5.69 Å². The van der Waals surface area contributed by atoms with Gasteiger partial charge in [-0.3, -0.25) is 24.0 Å². The van der Waals surface area contributed by atoms with E-state index in [0.717, 1.165) is 10.5 Å². The predicted octanol–water partition coefficient (Wildman–Crippen LogP) is 3.17. The average Bonchev–Trinajstić information content (AvgIpc) is 2.97. The van der Waals surface area contributed by atoms with Gasteiger partial charge in [0, 0.05) is 11.4 Å². The van der Waals surface area contributed by atoms with Crippen LogP contribution in [0.3, 0.4) is 0 Å². The number of piperidine rings is 1. The zero-order valence-electron chi connectivity index (χ0n) is 18.6. The van der Waals surface area contributed by atoms with Crippen LogP contribution in [0.5, 0.6) is 0 Å². The average molecular weight is 468 g/mol. The van der Waals surface area contributed by atoms with Crippen LogP contribution >= 0.6 is 0 Å². The number of sulfonamides is 1. The first kappa shape index (κ1) is 22.7. The minimum atomic E-state index is -3.91.